The first kappa shape index (κ1) is 11.7. The largest absolute Gasteiger partial charge is 0.468 e. The molecule has 2 N–H and O–H groups in total. The average Bonchev–Trinajstić information content (AvgIpc) is 2.77. The summed E-state index contributed by atoms with van der Waals surface area (Å²) in [6.45, 7) is 0.540. The molecule has 1 fully saturated rings. The molecule has 1 aliphatic rings. The fourth-order valence-electron chi connectivity index (χ4n) is 1.66. The zero-order chi connectivity index (χ0) is 12.3. The fourth-order valence-corrected chi connectivity index (χ4v) is 1.66. The van der Waals surface area contributed by atoms with Crippen LogP contribution in [-0.4, -0.2) is 37.2 Å². The summed E-state index contributed by atoms with van der Waals surface area (Å²) >= 11 is 0. The number of rotatable bonds is 4. The molecule has 1 aromatic rings. The van der Waals surface area contributed by atoms with Crippen LogP contribution in [-0.2, 0) is 25.6 Å². The van der Waals surface area contributed by atoms with E-state index in [1.807, 2.05) is 6.07 Å². The maximum absolute atomic E-state index is 11.9. The Balaban J connectivity index is 1.96. The van der Waals surface area contributed by atoms with Crippen LogP contribution in [0.3, 0.4) is 0 Å². The minimum Gasteiger partial charge on any atom is -0.468 e. The Kier molecular flexibility index (Phi) is 3.14. The number of carbonyl (C=O) groups is 2. The van der Waals surface area contributed by atoms with E-state index in [1.54, 1.807) is 12.4 Å². The molecule has 1 aromatic heterocycles. The predicted molar refractivity (Wildman–Crippen MR) is 57.9 cm³/mol. The van der Waals surface area contributed by atoms with Crippen LogP contribution in [0.25, 0.3) is 0 Å². The third-order valence-electron chi connectivity index (χ3n) is 2.82. The van der Waals surface area contributed by atoms with Gasteiger partial charge in [0.15, 0.2) is 5.41 Å². The number of ether oxygens (including phenoxy) is 2. The molecule has 0 bridgehead atoms. The molecule has 2 heterocycles. The molecular weight excluding hydrogens is 224 g/mol. The van der Waals surface area contributed by atoms with Gasteiger partial charge in [-0.05, 0) is 11.6 Å². The van der Waals surface area contributed by atoms with E-state index in [1.165, 1.54) is 7.11 Å². The fraction of sp³-hybridized carbons (Fsp3) is 0.455. The summed E-state index contributed by atoms with van der Waals surface area (Å²) in [6, 6.07) is 1.85. The highest BCUT2D eigenvalue weighted by Crippen LogP contribution is 2.29. The van der Waals surface area contributed by atoms with E-state index in [0.29, 0.717) is 6.54 Å². The molecule has 6 heteroatoms. The minimum absolute atomic E-state index is 0.0820. The first-order valence-corrected chi connectivity index (χ1v) is 5.25. The van der Waals surface area contributed by atoms with Gasteiger partial charge >= 0.3 is 5.97 Å². The molecular formula is C11H14N2O4. The zero-order valence-electron chi connectivity index (χ0n) is 9.49. The quantitative estimate of drug-likeness (QED) is 0.563. The van der Waals surface area contributed by atoms with Gasteiger partial charge in [0.05, 0.1) is 20.3 Å². The van der Waals surface area contributed by atoms with Crippen molar-refractivity contribution in [3.05, 3.63) is 24.0 Å². The molecule has 0 aliphatic carbocycles. The predicted octanol–water partition coefficient (Wildman–Crippen LogP) is -0.180. The second kappa shape index (κ2) is 4.58. The van der Waals surface area contributed by atoms with Crippen molar-refractivity contribution in [2.24, 2.45) is 5.41 Å². The van der Waals surface area contributed by atoms with E-state index in [2.05, 4.69) is 15.0 Å². The molecule has 0 radical (unpaired) electrons. The molecule has 1 amide bonds. The summed E-state index contributed by atoms with van der Waals surface area (Å²) in [5.41, 5.74) is -0.218. The highest BCUT2D eigenvalue weighted by Gasteiger charge is 2.53. The number of H-pyrrole nitrogens is 1. The van der Waals surface area contributed by atoms with Crippen LogP contribution in [0.5, 0.6) is 0 Å². The molecule has 6 nitrogen and oxygen atoms in total. The monoisotopic (exact) mass is 238 g/mol. The van der Waals surface area contributed by atoms with E-state index in [9.17, 15) is 9.59 Å². The number of amides is 1. The SMILES string of the molecule is COC(=O)C1(C(=O)NCc2cc[nH]c2)COC1. The molecule has 0 spiro atoms. The molecule has 0 aromatic carbocycles. The van der Waals surface area contributed by atoms with Crippen molar-refractivity contribution in [1.82, 2.24) is 10.3 Å². The normalized spacial score (nSPS) is 17.0. The number of aromatic amines is 1. The molecule has 0 atom stereocenters. The van der Waals surface area contributed by atoms with Crippen LogP contribution in [0.1, 0.15) is 5.56 Å². The molecule has 1 saturated heterocycles. The van der Waals surface area contributed by atoms with Gasteiger partial charge in [0.2, 0.25) is 5.91 Å². The Morgan fingerprint density at radius 3 is 2.82 bits per heavy atom. The van der Waals surface area contributed by atoms with Gasteiger partial charge < -0.3 is 19.8 Å². The van der Waals surface area contributed by atoms with Crippen molar-refractivity contribution in [3.8, 4) is 0 Å². The summed E-state index contributed by atoms with van der Waals surface area (Å²) < 4.78 is 9.58. The molecule has 0 unspecified atom stereocenters. The van der Waals surface area contributed by atoms with Gasteiger partial charge in [0.25, 0.3) is 0 Å². The smallest absolute Gasteiger partial charge is 0.326 e. The van der Waals surface area contributed by atoms with Crippen molar-refractivity contribution in [3.63, 3.8) is 0 Å². The number of hydrogen-bond donors (Lipinski definition) is 2. The molecule has 0 saturated carbocycles. The standard InChI is InChI=1S/C11H14N2O4/c1-16-10(15)11(6-17-7-11)9(14)13-5-8-2-3-12-4-8/h2-4,12H,5-7H2,1H3,(H,13,14). The average molecular weight is 238 g/mol. The van der Waals surface area contributed by atoms with Gasteiger partial charge in [0, 0.05) is 18.9 Å². The number of aromatic nitrogens is 1. The number of esters is 1. The lowest BCUT2D eigenvalue weighted by Gasteiger charge is -2.36. The lowest BCUT2D eigenvalue weighted by molar-refractivity contribution is -0.188. The Morgan fingerprint density at radius 1 is 1.59 bits per heavy atom. The minimum atomic E-state index is -1.16. The Hall–Kier alpha value is -1.82. The van der Waals surface area contributed by atoms with Crippen molar-refractivity contribution < 1.29 is 19.1 Å². The summed E-state index contributed by atoms with van der Waals surface area (Å²) in [6.07, 6.45) is 3.55. The van der Waals surface area contributed by atoms with E-state index in [4.69, 9.17) is 4.74 Å². The third kappa shape index (κ3) is 2.03. The Morgan fingerprint density at radius 2 is 2.35 bits per heavy atom. The maximum Gasteiger partial charge on any atom is 0.326 e. The van der Waals surface area contributed by atoms with Crippen LogP contribution in [0, 0.1) is 5.41 Å². The van der Waals surface area contributed by atoms with E-state index >= 15 is 0 Å². The second-order valence-electron chi connectivity index (χ2n) is 3.97. The molecule has 92 valence electrons. The van der Waals surface area contributed by atoms with Gasteiger partial charge in [-0.25, -0.2) is 0 Å². The highest BCUT2D eigenvalue weighted by molar-refractivity contribution is 6.03. The van der Waals surface area contributed by atoms with Crippen molar-refractivity contribution in [2.75, 3.05) is 20.3 Å². The first-order valence-electron chi connectivity index (χ1n) is 5.25. The van der Waals surface area contributed by atoms with Crippen LogP contribution in [0.15, 0.2) is 18.5 Å². The first-order chi connectivity index (χ1) is 8.19. The van der Waals surface area contributed by atoms with Gasteiger partial charge in [-0.2, -0.15) is 0 Å². The van der Waals surface area contributed by atoms with Crippen LogP contribution in [0.2, 0.25) is 0 Å². The van der Waals surface area contributed by atoms with Crippen molar-refractivity contribution >= 4 is 11.9 Å². The van der Waals surface area contributed by atoms with Gasteiger partial charge in [-0.3, -0.25) is 9.59 Å². The third-order valence-corrected chi connectivity index (χ3v) is 2.82. The summed E-state index contributed by atoms with van der Waals surface area (Å²) in [4.78, 5) is 26.4. The topological polar surface area (TPSA) is 80.4 Å². The van der Waals surface area contributed by atoms with E-state index in [0.717, 1.165) is 5.56 Å². The lowest BCUT2D eigenvalue weighted by atomic mass is 9.85. The number of methoxy groups -OCH3 is 1. The summed E-state index contributed by atoms with van der Waals surface area (Å²) in [5.74, 6) is -0.896. The van der Waals surface area contributed by atoms with E-state index in [-0.39, 0.29) is 19.1 Å². The van der Waals surface area contributed by atoms with Gasteiger partial charge in [-0.15, -0.1) is 0 Å². The maximum atomic E-state index is 11.9. The van der Waals surface area contributed by atoms with Crippen LogP contribution in [0.4, 0.5) is 0 Å². The van der Waals surface area contributed by atoms with Crippen LogP contribution >= 0.6 is 0 Å². The molecule has 2 rings (SSSR count). The summed E-state index contributed by atoms with van der Waals surface area (Å²) in [7, 11) is 1.27. The number of carbonyl (C=O) groups excluding carboxylic acids is 2. The number of nitrogens with one attached hydrogen (secondary N) is 2. The van der Waals surface area contributed by atoms with Gasteiger partial charge in [-0.1, -0.05) is 0 Å². The van der Waals surface area contributed by atoms with Crippen molar-refractivity contribution in [1.29, 1.82) is 0 Å². The summed E-state index contributed by atoms with van der Waals surface area (Å²) in [5, 5.41) is 2.70. The van der Waals surface area contributed by atoms with Crippen molar-refractivity contribution in [2.45, 2.75) is 6.54 Å². The Bertz CT molecular complexity index is 409. The van der Waals surface area contributed by atoms with E-state index < -0.39 is 11.4 Å². The second-order valence-corrected chi connectivity index (χ2v) is 3.97. The lowest BCUT2D eigenvalue weighted by Crippen LogP contribution is -2.59. The Labute approximate surface area is 98.3 Å². The van der Waals surface area contributed by atoms with Gasteiger partial charge in [0.1, 0.15) is 0 Å². The molecule has 1 aliphatic heterocycles. The highest BCUT2D eigenvalue weighted by atomic mass is 16.5. The zero-order valence-corrected chi connectivity index (χ0v) is 9.49. The number of hydrogen-bond acceptors (Lipinski definition) is 4. The van der Waals surface area contributed by atoms with Crippen LogP contribution < -0.4 is 5.32 Å². The molecule has 17 heavy (non-hydrogen) atoms.